The zero-order chi connectivity index (χ0) is 12.5. The molecule has 1 fully saturated rings. The van der Waals surface area contributed by atoms with Gasteiger partial charge in [0, 0.05) is 25.8 Å². The largest absolute Gasteiger partial charge is 0.379 e. The summed E-state index contributed by atoms with van der Waals surface area (Å²) in [4.78, 5) is 4.12. The van der Waals surface area contributed by atoms with E-state index >= 15 is 0 Å². The molecule has 0 aliphatic carbocycles. The van der Waals surface area contributed by atoms with E-state index in [1.165, 1.54) is 4.31 Å². The fraction of sp³-hybridized carbons (Fsp3) is 0.700. The minimum Gasteiger partial charge on any atom is -0.379 e. The van der Waals surface area contributed by atoms with Crippen molar-refractivity contribution in [1.82, 2.24) is 13.9 Å². The molecule has 1 aromatic rings. The van der Waals surface area contributed by atoms with Gasteiger partial charge < -0.3 is 9.30 Å². The molecule has 2 rings (SSSR count). The molecule has 1 aliphatic rings. The van der Waals surface area contributed by atoms with Crippen LogP contribution < -0.4 is 0 Å². The molecule has 0 N–H and O–H groups in total. The van der Waals surface area contributed by atoms with Crippen LogP contribution in [0.4, 0.5) is 0 Å². The Morgan fingerprint density at radius 3 is 2.59 bits per heavy atom. The van der Waals surface area contributed by atoms with Crippen molar-refractivity contribution in [3.05, 3.63) is 12.0 Å². The first-order chi connectivity index (χ1) is 8.05. The zero-order valence-corrected chi connectivity index (χ0v) is 10.9. The predicted molar refractivity (Wildman–Crippen MR) is 62.2 cm³/mol. The first-order valence-corrected chi connectivity index (χ1v) is 7.11. The van der Waals surface area contributed by atoms with Gasteiger partial charge in [0.05, 0.1) is 13.2 Å². The molecule has 0 radical (unpaired) electrons. The third kappa shape index (κ3) is 2.36. The third-order valence-electron chi connectivity index (χ3n) is 2.87. The highest BCUT2D eigenvalue weighted by Crippen LogP contribution is 2.16. The van der Waals surface area contributed by atoms with Gasteiger partial charge in [-0.2, -0.15) is 4.31 Å². The SMILES string of the molecule is CCn1cc(S(=O)(=O)N2CCOCC2)nc1C. The van der Waals surface area contributed by atoms with E-state index in [-0.39, 0.29) is 5.03 Å². The molecule has 0 amide bonds. The highest BCUT2D eigenvalue weighted by Gasteiger charge is 2.28. The lowest BCUT2D eigenvalue weighted by molar-refractivity contribution is 0.0729. The Morgan fingerprint density at radius 1 is 1.41 bits per heavy atom. The number of aryl methyl sites for hydroxylation is 2. The molecule has 0 saturated carbocycles. The van der Waals surface area contributed by atoms with Crippen molar-refractivity contribution in [2.45, 2.75) is 25.4 Å². The number of hydrogen-bond acceptors (Lipinski definition) is 4. The van der Waals surface area contributed by atoms with Crippen molar-refractivity contribution in [1.29, 1.82) is 0 Å². The molecule has 2 heterocycles. The number of rotatable bonds is 3. The van der Waals surface area contributed by atoms with E-state index in [0.29, 0.717) is 26.3 Å². The van der Waals surface area contributed by atoms with Crippen molar-refractivity contribution in [3.8, 4) is 0 Å². The van der Waals surface area contributed by atoms with Gasteiger partial charge in [-0.25, -0.2) is 13.4 Å². The van der Waals surface area contributed by atoms with Gasteiger partial charge in [-0.1, -0.05) is 0 Å². The Labute approximate surface area is 101 Å². The van der Waals surface area contributed by atoms with Crippen LogP contribution in [0.3, 0.4) is 0 Å². The van der Waals surface area contributed by atoms with Gasteiger partial charge >= 0.3 is 0 Å². The van der Waals surface area contributed by atoms with Crippen LogP contribution in [-0.4, -0.2) is 48.6 Å². The maximum absolute atomic E-state index is 12.3. The topological polar surface area (TPSA) is 64.4 Å². The Hall–Kier alpha value is -0.920. The number of hydrogen-bond donors (Lipinski definition) is 0. The minimum atomic E-state index is -3.45. The molecule has 96 valence electrons. The van der Waals surface area contributed by atoms with Crippen LogP contribution >= 0.6 is 0 Å². The number of morpholine rings is 1. The Bertz CT molecular complexity index is 489. The van der Waals surface area contributed by atoms with Crippen LogP contribution in [0.2, 0.25) is 0 Å². The summed E-state index contributed by atoms with van der Waals surface area (Å²) >= 11 is 0. The average molecular weight is 259 g/mol. The Balaban J connectivity index is 2.30. The first kappa shape index (κ1) is 12.5. The van der Waals surface area contributed by atoms with Crippen molar-refractivity contribution < 1.29 is 13.2 Å². The fourth-order valence-electron chi connectivity index (χ4n) is 1.84. The lowest BCUT2D eigenvalue weighted by Crippen LogP contribution is -2.40. The number of sulfonamides is 1. The van der Waals surface area contributed by atoms with Crippen molar-refractivity contribution >= 4 is 10.0 Å². The first-order valence-electron chi connectivity index (χ1n) is 5.67. The maximum atomic E-state index is 12.3. The predicted octanol–water partition coefficient (Wildman–Crippen LogP) is 0.232. The minimum absolute atomic E-state index is 0.138. The van der Waals surface area contributed by atoms with Gasteiger partial charge in [0.25, 0.3) is 10.0 Å². The molecule has 0 aromatic carbocycles. The van der Waals surface area contributed by atoms with Gasteiger partial charge in [0.15, 0.2) is 5.03 Å². The van der Waals surface area contributed by atoms with Crippen molar-refractivity contribution in [2.75, 3.05) is 26.3 Å². The van der Waals surface area contributed by atoms with E-state index < -0.39 is 10.0 Å². The van der Waals surface area contributed by atoms with E-state index in [9.17, 15) is 8.42 Å². The van der Waals surface area contributed by atoms with E-state index in [1.807, 2.05) is 18.4 Å². The van der Waals surface area contributed by atoms with E-state index in [4.69, 9.17) is 4.74 Å². The molecule has 6 nitrogen and oxygen atoms in total. The summed E-state index contributed by atoms with van der Waals surface area (Å²) in [6.45, 7) is 6.19. The molecule has 7 heteroatoms. The Morgan fingerprint density at radius 2 is 2.06 bits per heavy atom. The van der Waals surface area contributed by atoms with Crippen LogP contribution in [0.15, 0.2) is 11.2 Å². The summed E-state index contributed by atoms with van der Waals surface area (Å²) in [5.41, 5.74) is 0. The van der Waals surface area contributed by atoms with E-state index in [2.05, 4.69) is 4.98 Å². The summed E-state index contributed by atoms with van der Waals surface area (Å²) in [6, 6.07) is 0. The van der Waals surface area contributed by atoms with Gasteiger partial charge in [-0.15, -0.1) is 0 Å². The molecule has 0 atom stereocenters. The second-order valence-corrected chi connectivity index (χ2v) is 5.81. The summed E-state index contributed by atoms with van der Waals surface area (Å²) in [7, 11) is -3.45. The molecule has 1 aliphatic heterocycles. The molecule has 0 bridgehead atoms. The van der Waals surface area contributed by atoms with Crippen molar-refractivity contribution in [2.24, 2.45) is 0 Å². The molecule has 0 spiro atoms. The van der Waals surface area contributed by atoms with E-state index in [1.54, 1.807) is 6.20 Å². The van der Waals surface area contributed by atoms with E-state index in [0.717, 1.165) is 12.4 Å². The van der Waals surface area contributed by atoms with Gasteiger partial charge in [-0.3, -0.25) is 0 Å². The van der Waals surface area contributed by atoms with Crippen LogP contribution in [0.25, 0.3) is 0 Å². The standard InChI is InChI=1S/C10H17N3O3S/c1-3-12-8-10(11-9(12)2)17(14,15)13-4-6-16-7-5-13/h8H,3-7H2,1-2H3. The molecular weight excluding hydrogens is 242 g/mol. The number of nitrogens with zero attached hydrogens (tertiary/aromatic N) is 3. The summed E-state index contributed by atoms with van der Waals surface area (Å²) < 4.78 is 32.9. The molecular formula is C10H17N3O3S. The quantitative estimate of drug-likeness (QED) is 0.779. The Kier molecular flexibility index (Phi) is 3.50. The summed E-state index contributed by atoms with van der Waals surface area (Å²) in [6.07, 6.45) is 1.60. The highest BCUT2D eigenvalue weighted by molar-refractivity contribution is 7.89. The molecule has 1 aromatic heterocycles. The monoisotopic (exact) mass is 259 g/mol. The smallest absolute Gasteiger partial charge is 0.262 e. The molecule has 0 unspecified atom stereocenters. The van der Waals surface area contributed by atoms with Gasteiger partial charge in [0.1, 0.15) is 5.82 Å². The number of imidazole rings is 1. The summed E-state index contributed by atoms with van der Waals surface area (Å²) in [5.74, 6) is 0.722. The second kappa shape index (κ2) is 4.75. The normalized spacial score (nSPS) is 18.5. The highest BCUT2D eigenvalue weighted by atomic mass is 32.2. The fourth-order valence-corrected chi connectivity index (χ4v) is 3.25. The third-order valence-corrected chi connectivity index (χ3v) is 4.64. The van der Waals surface area contributed by atoms with Gasteiger partial charge in [-0.05, 0) is 13.8 Å². The number of aromatic nitrogens is 2. The zero-order valence-electron chi connectivity index (χ0n) is 10.1. The average Bonchev–Trinajstić information content (AvgIpc) is 2.72. The van der Waals surface area contributed by atoms with Crippen LogP contribution in [-0.2, 0) is 21.3 Å². The van der Waals surface area contributed by atoms with Crippen LogP contribution in [0.1, 0.15) is 12.7 Å². The lowest BCUT2D eigenvalue weighted by atomic mass is 10.5. The summed E-state index contributed by atoms with van der Waals surface area (Å²) in [5, 5.41) is 0.138. The van der Waals surface area contributed by atoms with Crippen LogP contribution in [0, 0.1) is 6.92 Å². The number of ether oxygens (including phenoxy) is 1. The van der Waals surface area contributed by atoms with Gasteiger partial charge in [0.2, 0.25) is 0 Å². The lowest BCUT2D eigenvalue weighted by Gasteiger charge is -2.24. The van der Waals surface area contributed by atoms with Crippen LogP contribution in [0.5, 0.6) is 0 Å². The second-order valence-electron chi connectivity index (χ2n) is 3.93. The molecule has 17 heavy (non-hydrogen) atoms. The maximum Gasteiger partial charge on any atom is 0.262 e. The molecule has 1 saturated heterocycles. The van der Waals surface area contributed by atoms with Crippen molar-refractivity contribution in [3.63, 3.8) is 0 Å².